The van der Waals surface area contributed by atoms with Gasteiger partial charge in [-0.05, 0) is 24.3 Å². The van der Waals surface area contributed by atoms with Gasteiger partial charge in [0.15, 0.2) is 0 Å². The maximum atomic E-state index is 11.8. The first-order valence-electron chi connectivity index (χ1n) is 6.21. The molecule has 1 atom stereocenters. The van der Waals surface area contributed by atoms with Gasteiger partial charge in [0, 0.05) is 5.75 Å². The lowest BCUT2D eigenvalue weighted by Gasteiger charge is -2.13. The first-order chi connectivity index (χ1) is 9.15. The molecule has 0 saturated carbocycles. The molecular weight excluding hydrogens is 264 g/mol. The molecule has 104 valence electrons. The summed E-state index contributed by atoms with van der Waals surface area (Å²) < 4.78 is 5.02. The summed E-state index contributed by atoms with van der Waals surface area (Å²) in [5.41, 5.74) is 0.368. The van der Waals surface area contributed by atoms with E-state index in [4.69, 9.17) is 9.84 Å². The first-order valence-corrected chi connectivity index (χ1v) is 7.37. The van der Waals surface area contributed by atoms with Crippen LogP contribution in [0.2, 0.25) is 0 Å². The number of hydrogen-bond acceptors (Lipinski definition) is 4. The average Bonchev–Trinajstić information content (AvgIpc) is 2.42. The van der Waals surface area contributed by atoms with Crippen LogP contribution in [0.1, 0.15) is 30.1 Å². The number of thioether (sulfide) groups is 1. The fourth-order valence-electron chi connectivity index (χ4n) is 1.36. The summed E-state index contributed by atoms with van der Waals surface area (Å²) in [6, 6.07) is 8.41. The number of unbranched alkanes of at least 4 members (excludes halogenated alkanes) is 1. The molecule has 1 rings (SSSR count). The molecule has 19 heavy (non-hydrogen) atoms. The van der Waals surface area contributed by atoms with Gasteiger partial charge in [-0.1, -0.05) is 31.5 Å². The molecule has 1 unspecified atom stereocenters. The molecule has 0 heterocycles. The Hall–Kier alpha value is -1.49. The van der Waals surface area contributed by atoms with E-state index in [1.807, 2.05) is 0 Å². The largest absolute Gasteiger partial charge is 0.478 e. The Balaban J connectivity index is 2.49. The van der Waals surface area contributed by atoms with E-state index in [2.05, 4.69) is 6.92 Å². The highest BCUT2D eigenvalue weighted by molar-refractivity contribution is 7.99. The molecule has 0 saturated heterocycles. The van der Waals surface area contributed by atoms with Crippen molar-refractivity contribution < 1.29 is 19.4 Å². The Morgan fingerprint density at radius 1 is 1.32 bits per heavy atom. The zero-order valence-corrected chi connectivity index (χ0v) is 11.7. The number of hydrogen-bond donors (Lipinski definition) is 1. The van der Waals surface area contributed by atoms with Crippen molar-refractivity contribution >= 4 is 23.7 Å². The van der Waals surface area contributed by atoms with Gasteiger partial charge in [0.05, 0.1) is 5.56 Å². The molecule has 1 aromatic rings. The van der Waals surface area contributed by atoms with E-state index < -0.39 is 18.0 Å². The van der Waals surface area contributed by atoms with Gasteiger partial charge < -0.3 is 9.84 Å². The summed E-state index contributed by atoms with van der Waals surface area (Å²) >= 11 is 1.49. The molecule has 1 N–H and O–H groups in total. The van der Waals surface area contributed by atoms with Crippen molar-refractivity contribution in [3.63, 3.8) is 0 Å². The quantitative estimate of drug-likeness (QED) is 0.586. The highest BCUT2D eigenvalue weighted by Crippen LogP contribution is 2.11. The number of carbonyl (C=O) groups is 2. The minimum Gasteiger partial charge on any atom is -0.478 e. The topological polar surface area (TPSA) is 63.6 Å². The summed E-state index contributed by atoms with van der Waals surface area (Å²) in [5, 5.41) is 9.04. The van der Waals surface area contributed by atoms with E-state index in [-0.39, 0.29) is 5.75 Å². The summed E-state index contributed by atoms with van der Waals surface area (Å²) in [5.74, 6) is -0.533. The number of aliphatic carboxylic acids is 1. The maximum absolute atomic E-state index is 11.8. The van der Waals surface area contributed by atoms with E-state index in [1.165, 1.54) is 11.8 Å². The van der Waals surface area contributed by atoms with Crippen molar-refractivity contribution in [1.29, 1.82) is 0 Å². The van der Waals surface area contributed by atoms with Gasteiger partial charge in [0.1, 0.15) is 0 Å². The lowest BCUT2D eigenvalue weighted by molar-refractivity contribution is -0.145. The lowest BCUT2D eigenvalue weighted by atomic mass is 10.2. The van der Waals surface area contributed by atoms with Crippen molar-refractivity contribution in [1.82, 2.24) is 0 Å². The molecule has 4 nitrogen and oxygen atoms in total. The lowest BCUT2D eigenvalue weighted by Crippen LogP contribution is -2.29. The highest BCUT2D eigenvalue weighted by atomic mass is 32.2. The van der Waals surface area contributed by atoms with Crippen LogP contribution < -0.4 is 0 Å². The third-order valence-corrected chi connectivity index (χ3v) is 3.56. The van der Waals surface area contributed by atoms with Crippen LogP contribution in [0.15, 0.2) is 30.3 Å². The van der Waals surface area contributed by atoms with Crippen LogP contribution >= 0.6 is 11.8 Å². The van der Waals surface area contributed by atoms with Crippen LogP contribution in [0.5, 0.6) is 0 Å². The number of benzene rings is 1. The molecule has 0 aliphatic heterocycles. The number of carboxylic acids is 1. The second-order valence-corrected chi connectivity index (χ2v) is 5.18. The SMILES string of the molecule is CCCCSCC(OC(=O)c1ccccc1)C(=O)O. The molecule has 0 aliphatic rings. The monoisotopic (exact) mass is 282 g/mol. The van der Waals surface area contributed by atoms with Crippen molar-refractivity contribution in [3.8, 4) is 0 Å². The fourth-order valence-corrected chi connectivity index (χ4v) is 2.45. The van der Waals surface area contributed by atoms with Gasteiger partial charge in [0.2, 0.25) is 6.10 Å². The Bertz CT molecular complexity index is 405. The minimum atomic E-state index is -1.10. The van der Waals surface area contributed by atoms with Gasteiger partial charge in [-0.15, -0.1) is 0 Å². The van der Waals surface area contributed by atoms with Gasteiger partial charge >= 0.3 is 11.9 Å². The van der Waals surface area contributed by atoms with Crippen LogP contribution in [0.4, 0.5) is 0 Å². The summed E-state index contributed by atoms with van der Waals surface area (Å²) in [6.45, 7) is 2.07. The molecule has 0 bridgehead atoms. The van der Waals surface area contributed by atoms with Crippen LogP contribution in [0.3, 0.4) is 0 Å². The van der Waals surface area contributed by atoms with Crippen molar-refractivity contribution in [2.24, 2.45) is 0 Å². The summed E-state index contributed by atoms with van der Waals surface area (Å²) in [7, 11) is 0. The second kappa shape index (κ2) is 8.58. The van der Waals surface area contributed by atoms with Gasteiger partial charge in [-0.3, -0.25) is 0 Å². The second-order valence-electron chi connectivity index (χ2n) is 4.03. The molecule has 5 heteroatoms. The Kier molecular flexibility index (Phi) is 7.03. The molecule has 1 aromatic carbocycles. The van der Waals surface area contributed by atoms with E-state index in [0.717, 1.165) is 18.6 Å². The van der Waals surface area contributed by atoms with Gasteiger partial charge in [-0.2, -0.15) is 11.8 Å². The Labute approximate surface area is 117 Å². The predicted molar refractivity (Wildman–Crippen MR) is 75.5 cm³/mol. The molecule has 0 amide bonds. The smallest absolute Gasteiger partial charge is 0.345 e. The van der Waals surface area contributed by atoms with E-state index in [0.29, 0.717) is 5.56 Å². The fraction of sp³-hybridized carbons (Fsp3) is 0.429. The van der Waals surface area contributed by atoms with Crippen molar-refractivity contribution in [3.05, 3.63) is 35.9 Å². The standard InChI is InChI=1S/C14H18O4S/c1-2-3-9-19-10-12(13(15)16)18-14(17)11-7-5-4-6-8-11/h4-8,12H,2-3,9-10H2,1H3,(H,15,16). The van der Waals surface area contributed by atoms with Gasteiger partial charge in [0.25, 0.3) is 0 Å². The van der Waals surface area contributed by atoms with Crippen molar-refractivity contribution in [2.75, 3.05) is 11.5 Å². The third-order valence-electron chi connectivity index (χ3n) is 2.45. The number of carboxylic acid groups (broad SMARTS) is 1. The normalized spacial score (nSPS) is 11.8. The van der Waals surface area contributed by atoms with E-state index >= 15 is 0 Å². The predicted octanol–water partition coefficient (Wildman–Crippen LogP) is 2.83. The van der Waals surface area contributed by atoms with Crippen LogP contribution in [0, 0.1) is 0 Å². The Morgan fingerprint density at radius 3 is 2.58 bits per heavy atom. The maximum Gasteiger partial charge on any atom is 0.345 e. The zero-order valence-electron chi connectivity index (χ0n) is 10.9. The molecule has 0 spiro atoms. The van der Waals surface area contributed by atoms with Gasteiger partial charge in [-0.25, -0.2) is 9.59 Å². The molecule has 0 radical (unpaired) electrons. The molecular formula is C14H18O4S. The highest BCUT2D eigenvalue weighted by Gasteiger charge is 2.22. The van der Waals surface area contributed by atoms with E-state index in [9.17, 15) is 9.59 Å². The third kappa shape index (κ3) is 5.79. The van der Waals surface area contributed by atoms with Crippen LogP contribution in [-0.4, -0.2) is 34.7 Å². The minimum absolute atomic E-state index is 0.286. The van der Waals surface area contributed by atoms with Crippen LogP contribution in [0.25, 0.3) is 0 Å². The first kappa shape index (κ1) is 15.6. The number of carbonyl (C=O) groups excluding carboxylic acids is 1. The number of rotatable bonds is 8. The summed E-state index contributed by atoms with van der Waals surface area (Å²) in [6.07, 6.45) is 1.01. The molecule has 0 aromatic heterocycles. The summed E-state index contributed by atoms with van der Waals surface area (Å²) in [4.78, 5) is 22.8. The average molecular weight is 282 g/mol. The molecule has 0 aliphatic carbocycles. The zero-order chi connectivity index (χ0) is 14.1. The molecule has 0 fully saturated rings. The van der Waals surface area contributed by atoms with E-state index in [1.54, 1.807) is 30.3 Å². The number of ether oxygens (including phenoxy) is 1. The van der Waals surface area contributed by atoms with Crippen molar-refractivity contribution in [2.45, 2.75) is 25.9 Å². The van der Waals surface area contributed by atoms with Crippen LogP contribution in [-0.2, 0) is 9.53 Å². The Morgan fingerprint density at radius 2 is 2.00 bits per heavy atom. The number of esters is 1.